The maximum Gasteiger partial charge on any atom is 0.263 e. The van der Waals surface area contributed by atoms with Crippen molar-refractivity contribution in [2.24, 2.45) is 0 Å². The lowest BCUT2D eigenvalue weighted by Gasteiger charge is -2.14. The minimum Gasteiger partial charge on any atom is -0.337 e. The van der Waals surface area contributed by atoms with E-state index in [1.807, 2.05) is 62.4 Å². The van der Waals surface area contributed by atoms with Gasteiger partial charge in [-0.2, -0.15) is 0 Å². The molecule has 2 N–H and O–H groups in total. The topological polar surface area (TPSA) is 84.0 Å². The molecule has 7 heteroatoms. The third-order valence-electron chi connectivity index (χ3n) is 4.38. The molecule has 0 amide bonds. The highest BCUT2D eigenvalue weighted by Crippen LogP contribution is 2.27. The van der Waals surface area contributed by atoms with Crippen molar-refractivity contribution in [2.75, 3.05) is 10.0 Å². The van der Waals surface area contributed by atoms with E-state index in [-0.39, 0.29) is 10.7 Å². The molecule has 146 valence electrons. The van der Waals surface area contributed by atoms with Crippen LogP contribution in [-0.2, 0) is 10.0 Å². The summed E-state index contributed by atoms with van der Waals surface area (Å²) in [6, 6.07) is 21.8. The number of hydrogen-bond acceptors (Lipinski definition) is 5. The van der Waals surface area contributed by atoms with Gasteiger partial charge in [0.15, 0.2) is 11.6 Å². The average molecular weight is 404 g/mol. The fraction of sp³-hybridized carbons (Fsp3) is 0.0909. The summed E-state index contributed by atoms with van der Waals surface area (Å²) in [6.45, 7) is 3.83. The number of anilines is 3. The molecule has 0 atom stereocenters. The van der Waals surface area contributed by atoms with Gasteiger partial charge in [0.2, 0.25) is 0 Å². The van der Waals surface area contributed by atoms with Crippen LogP contribution in [0.4, 0.5) is 17.3 Å². The van der Waals surface area contributed by atoms with E-state index in [0.29, 0.717) is 16.9 Å². The summed E-state index contributed by atoms with van der Waals surface area (Å²) in [5, 5.41) is 3.19. The number of nitrogens with zero attached hydrogens (tertiary/aromatic N) is 2. The molecule has 0 aliphatic carbocycles. The van der Waals surface area contributed by atoms with Crippen LogP contribution in [-0.4, -0.2) is 18.4 Å². The van der Waals surface area contributed by atoms with Gasteiger partial charge >= 0.3 is 0 Å². The van der Waals surface area contributed by atoms with Crippen LogP contribution in [0.2, 0.25) is 0 Å². The van der Waals surface area contributed by atoms with Gasteiger partial charge in [0.1, 0.15) is 0 Å². The van der Waals surface area contributed by atoms with Gasteiger partial charge in [-0.3, -0.25) is 4.72 Å². The number of hydrogen-bond donors (Lipinski definition) is 2. The average Bonchev–Trinajstić information content (AvgIpc) is 2.68. The highest BCUT2D eigenvalue weighted by atomic mass is 32.2. The maximum atomic E-state index is 12.9. The molecule has 0 saturated heterocycles. The Balaban J connectivity index is 1.79. The number of nitrogens with one attached hydrogen (secondary N) is 2. The Hall–Kier alpha value is -3.45. The standard InChI is InChI=1S/C22H20N4O2S/c1-15-7-5-9-17(13-15)23-21-22(25-20-12-4-3-11-19(20)24-21)26-29(27,28)18-10-6-8-16(2)14-18/h3-14H,1-2H3,(H,23,24)(H,25,26). The molecule has 4 rings (SSSR count). The number of sulfonamides is 1. The van der Waals surface area contributed by atoms with Crippen molar-refractivity contribution in [1.82, 2.24) is 9.97 Å². The predicted molar refractivity (Wildman–Crippen MR) is 116 cm³/mol. The molecule has 1 aromatic heterocycles. The Morgan fingerprint density at radius 3 is 2.00 bits per heavy atom. The lowest BCUT2D eigenvalue weighted by atomic mass is 10.2. The summed E-state index contributed by atoms with van der Waals surface area (Å²) in [6.07, 6.45) is 0. The van der Waals surface area contributed by atoms with Crippen LogP contribution in [0, 0.1) is 13.8 Å². The lowest BCUT2D eigenvalue weighted by molar-refractivity contribution is 0.601. The third-order valence-corrected chi connectivity index (χ3v) is 5.72. The van der Waals surface area contributed by atoms with Crippen LogP contribution in [0.5, 0.6) is 0 Å². The molecule has 0 aliphatic heterocycles. The molecular weight excluding hydrogens is 384 g/mol. The number of fused-ring (bicyclic) bond motifs is 1. The third kappa shape index (κ3) is 4.20. The van der Waals surface area contributed by atoms with Crippen molar-refractivity contribution < 1.29 is 8.42 Å². The van der Waals surface area contributed by atoms with Crippen LogP contribution in [0.1, 0.15) is 11.1 Å². The van der Waals surface area contributed by atoms with Crippen molar-refractivity contribution in [2.45, 2.75) is 18.7 Å². The van der Waals surface area contributed by atoms with E-state index in [0.717, 1.165) is 16.8 Å². The summed E-state index contributed by atoms with van der Waals surface area (Å²) < 4.78 is 28.5. The Morgan fingerprint density at radius 1 is 0.724 bits per heavy atom. The summed E-state index contributed by atoms with van der Waals surface area (Å²) >= 11 is 0. The quantitative estimate of drug-likeness (QED) is 0.500. The van der Waals surface area contributed by atoms with Gasteiger partial charge in [0.05, 0.1) is 15.9 Å². The van der Waals surface area contributed by atoms with E-state index in [1.165, 1.54) is 0 Å². The van der Waals surface area contributed by atoms with Crippen molar-refractivity contribution in [3.05, 3.63) is 83.9 Å². The van der Waals surface area contributed by atoms with Gasteiger partial charge in [-0.1, -0.05) is 36.4 Å². The van der Waals surface area contributed by atoms with Crippen molar-refractivity contribution in [3.63, 3.8) is 0 Å². The van der Waals surface area contributed by atoms with Gasteiger partial charge in [-0.05, 0) is 61.4 Å². The molecule has 0 saturated carbocycles. The monoisotopic (exact) mass is 404 g/mol. The van der Waals surface area contributed by atoms with Gasteiger partial charge in [-0.25, -0.2) is 18.4 Å². The Morgan fingerprint density at radius 2 is 1.34 bits per heavy atom. The lowest BCUT2D eigenvalue weighted by Crippen LogP contribution is -2.16. The molecule has 6 nitrogen and oxygen atoms in total. The molecule has 0 bridgehead atoms. The molecule has 0 spiro atoms. The van der Waals surface area contributed by atoms with E-state index in [1.54, 1.807) is 24.3 Å². The molecule has 29 heavy (non-hydrogen) atoms. The van der Waals surface area contributed by atoms with E-state index >= 15 is 0 Å². The second-order valence-corrected chi connectivity index (χ2v) is 8.51. The molecular formula is C22H20N4O2S. The number of aryl methyl sites for hydroxylation is 2. The number of benzene rings is 3. The summed E-state index contributed by atoms with van der Waals surface area (Å²) in [7, 11) is -3.82. The van der Waals surface area contributed by atoms with Crippen molar-refractivity contribution >= 4 is 38.4 Å². The van der Waals surface area contributed by atoms with Gasteiger partial charge in [0, 0.05) is 5.69 Å². The number of rotatable bonds is 5. The number of para-hydroxylation sites is 2. The second-order valence-electron chi connectivity index (χ2n) is 6.83. The molecule has 0 fully saturated rings. The highest BCUT2D eigenvalue weighted by Gasteiger charge is 2.19. The van der Waals surface area contributed by atoms with Gasteiger partial charge in [-0.15, -0.1) is 0 Å². The first-order valence-corrected chi connectivity index (χ1v) is 10.6. The largest absolute Gasteiger partial charge is 0.337 e. The Kier molecular flexibility index (Phi) is 4.90. The van der Waals surface area contributed by atoms with Gasteiger partial charge in [0.25, 0.3) is 10.0 Å². The van der Waals surface area contributed by atoms with Crippen LogP contribution in [0.15, 0.2) is 77.7 Å². The van der Waals surface area contributed by atoms with E-state index < -0.39 is 10.0 Å². The fourth-order valence-corrected chi connectivity index (χ4v) is 4.10. The Labute approximate surface area is 169 Å². The minimum atomic E-state index is -3.82. The van der Waals surface area contributed by atoms with Crippen LogP contribution >= 0.6 is 0 Å². The first-order chi connectivity index (χ1) is 13.9. The van der Waals surface area contributed by atoms with Crippen LogP contribution in [0.3, 0.4) is 0 Å². The highest BCUT2D eigenvalue weighted by molar-refractivity contribution is 7.92. The second kappa shape index (κ2) is 7.52. The first kappa shape index (κ1) is 18.9. The van der Waals surface area contributed by atoms with E-state index in [4.69, 9.17) is 0 Å². The van der Waals surface area contributed by atoms with Crippen molar-refractivity contribution in [1.29, 1.82) is 0 Å². The molecule has 0 radical (unpaired) electrons. The summed E-state index contributed by atoms with van der Waals surface area (Å²) in [4.78, 5) is 9.28. The molecule has 4 aromatic rings. The SMILES string of the molecule is Cc1cccc(Nc2nc3ccccc3nc2NS(=O)(=O)c2cccc(C)c2)c1. The minimum absolute atomic E-state index is 0.145. The molecule has 0 unspecified atom stereocenters. The fourth-order valence-electron chi connectivity index (χ4n) is 2.99. The molecule has 0 aliphatic rings. The normalized spacial score (nSPS) is 11.4. The smallest absolute Gasteiger partial charge is 0.263 e. The zero-order valence-corrected chi connectivity index (χ0v) is 16.9. The van der Waals surface area contributed by atoms with Crippen LogP contribution in [0.25, 0.3) is 11.0 Å². The van der Waals surface area contributed by atoms with Crippen molar-refractivity contribution in [3.8, 4) is 0 Å². The zero-order valence-electron chi connectivity index (χ0n) is 16.0. The van der Waals surface area contributed by atoms with Crippen LogP contribution < -0.4 is 10.0 Å². The summed E-state index contributed by atoms with van der Waals surface area (Å²) in [5.41, 5.74) is 4.00. The Bertz CT molecular complexity index is 1300. The zero-order chi connectivity index (χ0) is 20.4. The molecule has 3 aromatic carbocycles. The number of aromatic nitrogens is 2. The predicted octanol–water partition coefficient (Wildman–Crippen LogP) is 4.79. The summed E-state index contributed by atoms with van der Waals surface area (Å²) in [5.74, 6) is 0.484. The molecule has 1 heterocycles. The first-order valence-electron chi connectivity index (χ1n) is 9.11. The maximum absolute atomic E-state index is 12.9. The van der Waals surface area contributed by atoms with Gasteiger partial charge < -0.3 is 5.32 Å². The van der Waals surface area contributed by atoms with E-state index in [9.17, 15) is 8.42 Å². The van der Waals surface area contributed by atoms with E-state index in [2.05, 4.69) is 20.0 Å².